The topological polar surface area (TPSA) is 12.0 Å². The van der Waals surface area contributed by atoms with E-state index >= 15 is 0 Å². The summed E-state index contributed by atoms with van der Waals surface area (Å²) in [4.78, 5) is 0. The van der Waals surface area contributed by atoms with Crippen molar-refractivity contribution in [1.82, 2.24) is 5.32 Å². The predicted molar refractivity (Wildman–Crippen MR) is 61.0 cm³/mol. The van der Waals surface area contributed by atoms with Crippen molar-refractivity contribution in [2.24, 2.45) is 5.41 Å². The molecule has 0 saturated heterocycles. The van der Waals surface area contributed by atoms with Crippen LogP contribution in [0.15, 0.2) is 12.7 Å². The molecule has 1 N–H and O–H groups in total. The van der Waals surface area contributed by atoms with Crippen LogP contribution in [0, 0.1) is 5.41 Å². The molecule has 13 heavy (non-hydrogen) atoms. The maximum absolute atomic E-state index is 3.88. The molecule has 0 rings (SSSR count). The summed E-state index contributed by atoms with van der Waals surface area (Å²) in [7, 11) is 0. The largest absolute Gasteiger partial charge is 0.312 e. The first-order valence-corrected chi connectivity index (χ1v) is 5.28. The zero-order valence-electron chi connectivity index (χ0n) is 9.91. The van der Waals surface area contributed by atoms with Crippen molar-refractivity contribution in [2.45, 2.75) is 53.0 Å². The van der Waals surface area contributed by atoms with Crippen molar-refractivity contribution in [2.75, 3.05) is 6.54 Å². The predicted octanol–water partition coefficient (Wildman–Crippen LogP) is 3.37. The molecule has 1 nitrogen and oxygen atoms in total. The van der Waals surface area contributed by atoms with E-state index in [1.165, 1.54) is 0 Å². The van der Waals surface area contributed by atoms with E-state index in [0.29, 0.717) is 0 Å². The van der Waals surface area contributed by atoms with Crippen LogP contribution in [0.2, 0.25) is 0 Å². The summed E-state index contributed by atoms with van der Waals surface area (Å²) in [5.74, 6) is 0. The molecule has 0 amide bonds. The second-order valence-corrected chi connectivity index (χ2v) is 4.81. The van der Waals surface area contributed by atoms with Gasteiger partial charge >= 0.3 is 0 Å². The van der Waals surface area contributed by atoms with Crippen molar-refractivity contribution in [3.63, 3.8) is 0 Å². The molecule has 1 atom stereocenters. The minimum atomic E-state index is 0.229. The van der Waals surface area contributed by atoms with Crippen molar-refractivity contribution in [1.29, 1.82) is 0 Å². The van der Waals surface area contributed by atoms with Gasteiger partial charge in [0, 0.05) is 5.54 Å². The number of nitrogens with one attached hydrogen (secondary N) is 1. The van der Waals surface area contributed by atoms with Gasteiger partial charge in [0.2, 0.25) is 0 Å². The van der Waals surface area contributed by atoms with E-state index in [1.807, 2.05) is 0 Å². The summed E-state index contributed by atoms with van der Waals surface area (Å²) < 4.78 is 0. The average molecular weight is 183 g/mol. The van der Waals surface area contributed by atoms with E-state index in [0.717, 1.165) is 19.4 Å². The van der Waals surface area contributed by atoms with E-state index in [2.05, 4.69) is 52.6 Å². The highest BCUT2D eigenvalue weighted by Crippen LogP contribution is 2.30. The monoisotopic (exact) mass is 183 g/mol. The van der Waals surface area contributed by atoms with Crippen molar-refractivity contribution >= 4 is 0 Å². The molecule has 0 saturated carbocycles. The highest BCUT2D eigenvalue weighted by atomic mass is 15.0. The van der Waals surface area contributed by atoms with E-state index in [9.17, 15) is 0 Å². The van der Waals surface area contributed by atoms with E-state index in [-0.39, 0.29) is 11.0 Å². The van der Waals surface area contributed by atoms with Gasteiger partial charge in [0.15, 0.2) is 0 Å². The number of hydrogen-bond acceptors (Lipinski definition) is 1. The van der Waals surface area contributed by atoms with E-state index in [4.69, 9.17) is 0 Å². The molecule has 0 aromatic carbocycles. The Bertz CT molecular complexity index is 161. The van der Waals surface area contributed by atoms with Crippen LogP contribution in [-0.2, 0) is 0 Å². The molecule has 78 valence electrons. The van der Waals surface area contributed by atoms with E-state index < -0.39 is 0 Å². The second kappa shape index (κ2) is 4.80. The van der Waals surface area contributed by atoms with Gasteiger partial charge in [0.25, 0.3) is 0 Å². The van der Waals surface area contributed by atoms with Gasteiger partial charge in [-0.05, 0) is 31.7 Å². The maximum Gasteiger partial charge on any atom is 0.0158 e. The van der Waals surface area contributed by atoms with E-state index in [1.54, 1.807) is 0 Å². The van der Waals surface area contributed by atoms with Gasteiger partial charge in [-0.25, -0.2) is 0 Å². The lowest BCUT2D eigenvalue weighted by atomic mass is 9.78. The van der Waals surface area contributed by atoms with Crippen molar-refractivity contribution < 1.29 is 0 Å². The lowest BCUT2D eigenvalue weighted by Crippen LogP contribution is -2.44. The Morgan fingerprint density at radius 2 is 1.77 bits per heavy atom. The summed E-state index contributed by atoms with van der Waals surface area (Å²) in [6.07, 6.45) is 4.37. The molecule has 0 aliphatic heterocycles. The zero-order chi connectivity index (χ0) is 10.5. The van der Waals surface area contributed by atoms with Crippen molar-refractivity contribution in [3.8, 4) is 0 Å². The van der Waals surface area contributed by atoms with Crippen LogP contribution in [0.1, 0.15) is 47.5 Å². The first kappa shape index (κ1) is 12.7. The number of rotatable bonds is 6. The van der Waals surface area contributed by atoms with Crippen molar-refractivity contribution in [3.05, 3.63) is 12.7 Å². The first-order chi connectivity index (χ1) is 5.89. The molecule has 0 spiro atoms. The normalized spacial score (nSPS) is 16.7. The van der Waals surface area contributed by atoms with Crippen LogP contribution >= 0.6 is 0 Å². The van der Waals surface area contributed by atoms with Crippen LogP contribution < -0.4 is 5.32 Å². The first-order valence-electron chi connectivity index (χ1n) is 5.28. The lowest BCUT2D eigenvalue weighted by molar-refractivity contribution is 0.245. The summed E-state index contributed by atoms with van der Waals surface area (Å²) in [6, 6.07) is 0. The molecule has 0 aromatic heterocycles. The van der Waals surface area contributed by atoms with Gasteiger partial charge in [-0.3, -0.25) is 0 Å². The third kappa shape index (κ3) is 4.47. The lowest BCUT2D eigenvalue weighted by Gasteiger charge is -2.36. The van der Waals surface area contributed by atoms with Gasteiger partial charge in [0.05, 0.1) is 0 Å². The Labute approximate surface area is 83.6 Å². The Balaban J connectivity index is 4.33. The molecular formula is C12H25N. The van der Waals surface area contributed by atoms with Crippen LogP contribution in [0.4, 0.5) is 0 Å². The smallest absolute Gasteiger partial charge is 0.0158 e. The molecular weight excluding hydrogens is 158 g/mol. The molecule has 0 heterocycles. The fourth-order valence-electron chi connectivity index (χ4n) is 1.82. The Hall–Kier alpha value is -0.300. The molecule has 0 aliphatic rings. The fraction of sp³-hybridized carbons (Fsp3) is 0.833. The second-order valence-electron chi connectivity index (χ2n) is 4.81. The van der Waals surface area contributed by atoms with Gasteiger partial charge in [-0.1, -0.05) is 33.8 Å². The Kier molecular flexibility index (Phi) is 4.69. The van der Waals surface area contributed by atoms with Crippen LogP contribution in [0.25, 0.3) is 0 Å². The summed E-state index contributed by atoms with van der Waals surface area (Å²) >= 11 is 0. The van der Waals surface area contributed by atoms with Crippen LogP contribution in [-0.4, -0.2) is 12.1 Å². The third-order valence-electron chi connectivity index (χ3n) is 2.78. The molecule has 0 fully saturated rings. The Morgan fingerprint density at radius 1 is 1.23 bits per heavy atom. The summed E-state index contributed by atoms with van der Waals surface area (Å²) in [5.41, 5.74) is 0.485. The third-order valence-corrected chi connectivity index (χ3v) is 2.78. The van der Waals surface area contributed by atoms with Gasteiger partial charge in [-0.15, -0.1) is 6.58 Å². The minimum absolute atomic E-state index is 0.229. The van der Waals surface area contributed by atoms with Gasteiger partial charge in [-0.2, -0.15) is 0 Å². The van der Waals surface area contributed by atoms with Crippen LogP contribution in [0.3, 0.4) is 0 Å². The molecule has 0 bridgehead atoms. The van der Waals surface area contributed by atoms with Crippen LogP contribution in [0.5, 0.6) is 0 Å². The molecule has 0 aliphatic carbocycles. The summed E-state index contributed by atoms with van der Waals surface area (Å²) in [6.45, 7) is 16.1. The number of hydrogen-bond donors (Lipinski definition) is 1. The standard InChI is InChI=1S/C12H25N/c1-7-11(4,5)10-12(6,8-2)13-9-3/h7,13H,1,8-10H2,2-6H3. The summed E-state index contributed by atoms with van der Waals surface area (Å²) in [5, 5.41) is 3.55. The maximum atomic E-state index is 3.88. The molecule has 1 heteroatoms. The SMILES string of the molecule is C=CC(C)(C)CC(C)(CC)NCC. The minimum Gasteiger partial charge on any atom is -0.312 e. The highest BCUT2D eigenvalue weighted by molar-refractivity contribution is 4.95. The molecule has 1 unspecified atom stereocenters. The highest BCUT2D eigenvalue weighted by Gasteiger charge is 2.28. The molecule has 0 radical (unpaired) electrons. The average Bonchev–Trinajstić information content (AvgIpc) is 2.04. The zero-order valence-corrected chi connectivity index (χ0v) is 9.91. The van der Waals surface area contributed by atoms with Gasteiger partial charge < -0.3 is 5.32 Å². The fourth-order valence-corrected chi connectivity index (χ4v) is 1.82. The molecule has 0 aromatic rings. The Morgan fingerprint density at radius 3 is 2.08 bits per heavy atom. The van der Waals surface area contributed by atoms with Gasteiger partial charge in [0.1, 0.15) is 0 Å². The number of allylic oxidation sites excluding steroid dienone is 1. The quantitative estimate of drug-likeness (QED) is 0.623.